The number of hydrogen-bond acceptors (Lipinski definition) is 4. The average Bonchev–Trinajstić information content (AvgIpc) is 3.18. The molecular formula is C22H15N5O. The Balaban J connectivity index is 1.47. The van der Waals surface area contributed by atoms with Crippen LogP contribution >= 0.6 is 0 Å². The minimum atomic E-state index is -0.224. The summed E-state index contributed by atoms with van der Waals surface area (Å²) in [7, 11) is 0. The average molecular weight is 365 g/mol. The number of pyridine rings is 1. The molecular weight excluding hydrogens is 350 g/mol. The third kappa shape index (κ3) is 2.87. The molecule has 134 valence electrons. The van der Waals surface area contributed by atoms with Gasteiger partial charge in [0.15, 0.2) is 0 Å². The Morgan fingerprint density at radius 3 is 2.75 bits per heavy atom. The summed E-state index contributed by atoms with van der Waals surface area (Å²) in [5.74, 6) is -0.224. The van der Waals surface area contributed by atoms with Gasteiger partial charge in [-0.1, -0.05) is 24.3 Å². The number of carbonyl (C=O) groups excluding carboxylic acids is 1. The van der Waals surface area contributed by atoms with Gasteiger partial charge in [-0.15, -0.1) is 0 Å². The van der Waals surface area contributed by atoms with E-state index >= 15 is 0 Å². The Hall–Kier alpha value is -4.06. The van der Waals surface area contributed by atoms with Gasteiger partial charge < -0.3 is 9.72 Å². The molecule has 0 saturated heterocycles. The third-order valence-corrected chi connectivity index (χ3v) is 4.52. The molecule has 5 aromatic rings. The lowest BCUT2D eigenvalue weighted by molar-refractivity contribution is 0.102. The lowest BCUT2D eigenvalue weighted by atomic mass is 10.1. The Bertz CT molecular complexity index is 1290. The highest BCUT2D eigenvalue weighted by Gasteiger charge is 2.12. The quantitative estimate of drug-likeness (QED) is 0.520. The predicted octanol–water partition coefficient (Wildman–Crippen LogP) is 4.20. The second-order valence-electron chi connectivity index (χ2n) is 6.36. The van der Waals surface area contributed by atoms with E-state index in [2.05, 4.69) is 20.3 Å². The Kier molecular flexibility index (Phi) is 3.80. The first-order valence-electron chi connectivity index (χ1n) is 8.83. The number of nitrogens with one attached hydrogen (secondary N) is 1. The zero-order chi connectivity index (χ0) is 18.9. The molecule has 0 unspecified atom stereocenters. The fourth-order valence-corrected chi connectivity index (χ4v) is 3.20. The van der Waals surface area contributed by atoms with Crippen molar-refractivity contribution in [3.05, 3.63) is 91.0 Å². The summed E-state index contributed by atoms with van der Waals surface area (Å²) >= 11 is 0. The third-order valence-electron chi connectivity index (χ3n) is 4.52. The van der Waals surface area contributed by atoms with E-state index in [1.165, 1.54) is 0 Å². The fourth-order valence-electron chi connectivity index (χ4n) is 3.20. The lowest BCUT2D eigenvalue weighted by Crippen LogP contribution is -2.13. The molecule has 1 N–H and O–H groups in total. The monoisotopic (exact) mass is 365 g/mol. The maximum absolute atomic E-state index is 12.8. The van der Waals surface area contributed by atoms with E-state index in [4.69, 9.17) is 0 Å². The van der Waals surface area contributed by atoms with Gasteiger partial charge in [0.05, 0.1) is 16.8 Å². The van der Waals surface area contributed by atoms with Gasteiger partial charge in [0, 0.05) is 36.0 Å². The molecule has 5 rings (SSSR count). The molecule has 3 aromatic heterocycles. The summed E-state index contributed by atoms with van der Waals surface area (Å²) in [6.45, 7) is 0. The second-order valence-corrected chi connectivity index (χ2v) is 6.36. The van der Waals surface area contributed by atoms with E-state index in [0.717, 1.165) is 16.9 Å². The molecule has 0 aliphatic carbocycles. The topological polar surface area (TPSA) is 72.2 Å². The van der Waals surface area contributed by atoms with Crippen LogP contribution in [0, 0.1) is 0 Å². The summed E-state index contributed by atoms with van der Waals surface area (Å²) in [4.78, 5) is 26.0. The van der Waals surface area contributed by atoms with Crippen LogP contribution in [0.5, 0.6) is 0 Å². The molecule has 6 heteroatoms. The molecule has 0 bridgehead atoms. The first kappa shape index (κ1) is 16.1. The number of imidazole rings is 1. The van der Waals surface area contributed by atoms with Crippen LogP contribution in [0.3, 0.4) is 0 Å². The standard InChI is InChI=1S/C22H15N5O/c28-22(17-7-4-8-18-21(17)24-11-10-23-18)25-16-6-3-5-15(13-16)19-14-27-12-2-1-9-20(27)26-19/h1-14H,(H,25,28). The summed E-state index contributed by atoms with van der Waals surface area (Å²) < 4.78 is 1.97. The lowest BCUT2D eigenvalue weighted by Gasteiger charge is -2.08. The van der Waals surface area contributed by atoms with Gasteiger partial charge in [0.1, 0.15) is 11.2 Å². The number of rotatable bonds is 3. The van der Waals surface area contributed by atoms with Crippen molar-refractivity contribution in [1.82, 2.24) is 19.4 Å². The summed E-state index contributed by atoms with van der Waals surface area (Å²) in [6, 6.07) is 18.9. The Morgan fingerprint density at radius 2 is 1.82 bits per heavy atom. The van der Waals surface area contributed by atoms with Gasteiger partial charge in [-0.2, -0.15) is 0 Å². The number of fused-ring (bicyclic) bond motifs is 2. The number of carbonyl (C=O) groups is 1. The van der Waals surface area contributed by atoms with Crippen LogP contribution in [0.25, 0.3) is 27.9 Å². The van der Waals surface area contributed by atoms with E-state index in [-0.39, 0.29) is 5.91 Å². The molecule has 0 fully saturated rings. The predicted molar refractivity (Wildman–Crippen MR) is 108 cm³/mol. The molecule has 0 spiro atoms. The van der Waals surface area contributed by atoms with Crippen LogP contribution in [-0.4, -0.2) is 25.3 Å². The van der Waals surface area contributed by atoms with E-state index in [0.29, 0.717) is 22.3 Å². The van der Waals surface area contributed by atoms with Gasteiger partial charge in [0.25, 0.3) is 5.91 Å². The van der Waals surface area contributed by atoms with Gasteiger partial charge in [0.2, 0.25) is 0 Å². The highest BCUT2D eigenvalue weighted by Crippen LogP contribution is 2.23. The highest BCUT2D eigenvalue weighted by atomic mass is 16.1. The molecule has 0 atom stereocenters. The molecule has 6 nitrogen and oxygen atoms in total. The van der Waals surface area contributed by atoms with E-state index in [1.54, 1.807) is 24.5 Å². The SMILES string of the molecule is O=C(Nc1cccc(-c2cn3ccccc3n2)c1)c1cccc2nccnc12. The van der Waals surface area contributed by atoms with Crippen molar-refractivity contribution in [2.45, 2.75) is 0 Å². The zero-order valence-electron chi connectivity index (χ0n) is 14.8. The summed E-state index contributed by atoms with van der Waals surface area (Å²) in [5.41, 5.74) is 5.11. The van der Waals surface area contributed by atoms with Crippen molar-refractivity contribution in [2.75, 3.05) is 5.32 Å². The maximum Gasteiger partial charge on any atom is 0.257 e. The van der Waals surface area contributed by atoms with Crippen molar-refractivity contribution >= 4 is 28.3 Å². The molecule has 0 saturated carbocycles. The summed E-state index contributed by atoms with van der Waals surface area (Å²) in [6.07, 6.45) is 7.13. The van der Waals surface area contributed by atoms with E-state index in [9.17, 15) is 4.79 Å². The molecule has 0 aliphatic heterocycles. The molecule has 0 aliphatic rings. The van der Waals surface area contributed by atoms with Crippen LogP contribution < -0.4 is 5.32 Å². The van der Waals surface area contributed by atoms with Gasteiger partial charge >= 0.3 is 0 Å². The van der Waals surface area contributed by atoms with Crippen molar-refractivity contribution < 1.29 is 4.79 Å². The first-order chi connectivity index (χ1) is 13.8. The maximum atomic E-state index is 12.8. The minimum Gasteiger partial charge on any atom is -0.322 e. The molecule has 3 heterocycles. The normalized spacial score (nSPS) is 11.0. The van der Waals surface area contributed by atoms with Crippen LogP contribution in [0.4, 0.5) is 5.69 Å². The molecule has 0 radical (unpaired) electrons. The van der Waals surface area contributed by atoms with Crippen LogP contribution in [-0.2, 0) is 0 Å². The van der Waals surface area contributed by atoms with Crippen LogP contribution in [0.2, 0.25) is 0 Å². The number of anilines is 1. The van der Waals surface area contributed by atoms with Crippen molar-refractivity contribution in [1.29, 1.82) is 0 Å². The zero-order valence-corrected chi connectivity index (χ0v) is 14.8. The number of aromatic nitrogens is 4. The van der Waals surface area contributed by atoms with Gasteiger partial charge in [-0.05, 0) is 36.4 Å². The Morgan fingerprint density at radius 1 is 0.929 bits per heavy atom. The number of para-hydroxylation sites is 1. The van der Waals surface area contributed by atoms with Crippen LogP contribution in [0.15, 0.2) is 85.5 Å². The van der Waals surface area contributed by atoms with E-state index in [1.807, 2.05) is 65.3 Å². The Labute approximate surface area is 160 Å². The van der Waals surface area contributed by atoms with Crippen molar-refractivity contribution in [3.8, 4) is 11.3 Å². The number of nitrogens with zero attached hydrogens (tertiary/aromatic N) is 4. The largest absolute Gasteiger partial charge is 0.322 e. The summed E-state index contributed by atoms with van der Waals surface area (Å²) in [5, 5.41) is 2.95. The van der Waals surface area contributed by atoms with Crippen LogP contribution in [0.1, 0.15) is 10.4 Å². The smallest absolute Gasteiger partial charge is 0.257 e. The van der Waals surface area contributed by atoms with E-state index < -0.39 is 0 Å². The van der Waals surface area contributed by atoms with Crippen molar-refractivity contribution in [2.24, 2.45) is 0 Å². The molecule has 2 aromatic carbocycles. The number of hydrogen-bond donors (Lipinski definition) is 1. The van der Waals surface area contributed by atoms with Gasteiger partial charge in [-0.3, -0.25) is 14.8 Å². The second kappa shape index (κ2) is 6.59. The molecule has 1 amide bonds. The highest BCUT2D eigenvalue weighted by molar-refractivity contribution is 6.11. The molecule has 28 heavy (non-hydrogen) atoms. The fraction of sp³-hybridized carbons (Fsp3) is 0. The van der Waals surface area contributed by atoms with Crippen molar-refractivity contribution in [3.63, 3.8) is 0 Å². The number of amides is 1. The number of benzene rings is 2. The van der Waals surface area contributed by atoms with Gasteiger partial charge in [-0.25, -0.2) is 4.98 Å². The first-order valence-corrected chi connectivity index (χ1v) is 8.83. The minimum absolute atomic E-state index is 0.224.